The Kier molecular flexibility index (Phi) is 20.7. The van der Waals surface area contributed by atoms with Crippen LogP contribution in [0.25, 0.3) is 21.6 Å². The van der Waals surface area contributed by atoms with E-state index in [0.29, 0.717) is 47.3 Å². The van der Waals surface area contributed by atoms with Gasteiger partial charge in [-0.2, -0.15) is 5.26 Å². The van der Waals surface area contributed by atoms with Gasteiger partial charge in [-0.1, -0.05) is 46.3 Å². The average Bonchev–Trinajstić information content (AvgIpc) is 4.20. The quantitative estimate of drug-likeness (QED) is 0.0514. The molecule has 14 heteroatoms. The van der Waals surface area contributed by atoms with Crippen LogP contribution in [0.5, 0.6) is 5.75 Å². The Balaban J connectivity index is 0.000000216. The number of nitriles is 1. The Labute approximate surface area is 382 Å². The molecule has 3 heterocycles. The maximum absolute atomic E-state index is 13.0. The highest BCUT2D eigenvalue weighted by Gasteiger charge is 2.48. The van der Waals surface area contributed by atoms with Gasteiger partial charge in [-0.15, -0.1) is 11.3 Å². The minimum absolute atomic E-state index is 0.00389. The van der Waals surface area contributed by atoms with Crippen molar-refractivity contribution in [3.63, 3.8) is 0 Å². The normalized spacial score (nSPS) is 17.7. The highest BCUT2D eigenvalue weighted by Crippen LogP contribution is 2.38. The summed E-state index contributed by atoms with van der Waals surface area (Å²) in [5, 5.41) is 16.4. The number of ether oxygens (including phenoxy) is 2. The molecular weight excluding hydrogens is 833 g/mol. The van der Waals surface area contributed by atoms with Gasteiger partial charge in [0.25, 0.3) is 5.91 Å². The number of H-pyrrole nitrogens is 1. The number of hydrogen-bond donors (Lipinski definition) is 3. The molecule has 3 aliphatic carbocycles. The summed E-state index contributed by atoms with van der Waals surface area (Å²) in [6.07, 6.45) is 20.4. The number of allylic oxidation sites excluding steroid dienone is 5. The second-order valence-corrected chi connectivity index (χ2v) is 18.3. The lowest BCUT2D eigenvalue weighted by Gasteiger charge is -2.27. The second-order valence-electron chi connectivity index (χ2n) is 16.3. The zero-order valence-corrected chi connectivity index (χ0v) is 40.1. The number of carbonyl (C=O) groups is 3. The summed E-state index contributed by atoms with van der Waals surface area (Å²) in [6, 6.07) is 7.09. The summed E-state index contributed by atoms with van der Waals surface area (Å²) in [7, 11) is 3.49. The van der Waals surface area contributed by atoms with Gasteiger partial charge in [-0.25, -0.2) is 4.98 Å². The number of fused-ring (bicyclic) bond motifs is 1. The second kappa shape index (κ2) is 25.5. The molecule has 3 aromatic rings. The minimum atomic E-state index is -0.590. The number of amides is 2. The van der Waals surface area contributed by atoms with Crippen LogP contribution in [0.1, 0.15) is 135 Å². The number of likely N-dealkylation sites (N-methyl/N-ethyl adjacent to an activating group) is 1. The number of hydrogen-bond acceptors (Lipinski definition) is 11. The smallest absolute Gasteiger partial charge is 0.264 e. The molecule has 4 aliphatic rings. The van der Waals surface area contributed by atoms with E-state index in [1.165, 1.54) is 12.8 Å². The van der Waals surface area contributed by atoms with Gasteiger partial charge in [0, 0.05) is 39.8 Å². The van der Waals surface area contributed by atoms with Crippen molar-refractivity contribution in [1.29, 1.82) is 5.26 Å². The Bertz CT molecular complexity index is 2180. The molecule has 1 saturated heterocycles. The topological polar surface area (TPSA) is 167 Å². The van der Waals surface area contributed by atoms with Crippen LogP contribution >= 0.6 is 23.3 Å². The van der Waals surface area contributed by atoms with Crippen molar-refractivity contribution in [2.75, 3.05) is 20.7 Å². The van der Waals surface area contributed by atoms with Crippen LogP contribution in [0.15, 0.2) is 64.0 Å². The zero-order valence-electron chi connectivity index (χ0n) is 38.5. The highest BCUT2D eigenvalue weighted by molar-refractivity contribution is 7.98. The van der Waals surface area contributed by atoms with Gasteiger partial charge in [0.2, 0.25) is 5.91 Å². The minimum Gasteiger partial charge on any atom is -0.496 e. The molecule has 2 unspecified atom stereocenters. The van der Waals surface area contributed by atoms with Gasteiger partial charge >= 0.3 is 0 Å². The van der Waals surface area contributed by atoms with E-state index < -0.39 is 6.10 Å². The van der Waals surface area contributed by atoms with Crippen LogP contribution in [0, 0.1) is 18.3 Å². The molecule has 1 aliphatic heterocycles. The third-order valence-corrected chi connectivity index (χ3v) is 13.4. The molecule has 3 fully saturated rings. The van der Waals surface area contributed by atoms with Crippen molar-refractivity contribution in [1.82, 2.24) is 24.9 Å². The van der Waals surface area contributed by atoms with Gasteiger partial charge in [0.1, 0.15) is 22.8 Å². The SMILES string of the molecule is C/C=C\CCCCCC(OC1=CCCC(C#N)=C1)C(=O)N1CCCC1C=O.CC.CNC1(C(=O)NSC2CC2)CC1.COc1ccc2c(=O)cc(-c3nc(C(C)C)cs3)[nH]c2c1C. The molecular formula is C49H68N6O6S2. The molecule has 2 atom stereocenters. The lowest BCUT2D eigenvalue weighted by molar-refractivity contribution is -0.144. The number of carbonyl (C=O) groups excluding carboxylic acids is 3. The summed E-state index contributed by atoms with van der Waals surface area (Å²) in [5.41, 5.74) is 4.01. The van der Waals surface area contributed by atoms with Crippen LogP contribution in [0.3, 0.4) is 0 Å². The molecule has 1 aromatic carbocycles. The average molecular weight is 901 g/mol. The van der Waals surface area contributed by atoms with Gasteiger partial charge in [0.15, 0.2) is 11.5 Å². The van der Waals surface area contributed by atoms with E-state index in [1.54, 1.807) is 53.5 Å². The number of nitrogens with zero attached hydrogens (tertiary/aromatic N) is 3. The maximum Gasteiger partial charge on any atom is 0.264 e. The molecule has 0 bridgehead atoms. The Morgan fingerprint density at radius 1 is 1.17 bits per heavy atom. The number of aromatic nitrogens is 2. The van der Waals surface area contributed by atoms with Crippen LogP contribution in [-0.4, -0.2) is 76.6 Å². The third-order valence-electron chi connectivity index (χ3n) is 11.4. The highest BCUT2D eigenvalue weighted by atomic mass is 32.2. The van der Waals surface area contributed by atoms with E-state index in [9.17, 15) is 19.2 Å². The molecule has 2 saturated carbocycles. The Hall–Kier alpha value is -4.71. The predicted molar refractivity (Wildman–Crippen MR) is 257 cm³/mol. The first kappa shape index (κ1) is 50.9. The molecule has 2 aromatic heterocycles. The van der Waals surface area contributed by atoms with E-state index in [-0.39, 0.29) is 28.8 Å². The molecule has 342 valence electrons. The number of rotatable bonds is 17. The lowest BCUT2D eigenvalue weighted by Crippen LogP contribution is -2.43. The standard InChI is InChI=1S/C22H30N2O3.C17H18N2O2S.C8H14N2OS.C2H6/c1-2-3-4-5-6-7-13-21(22(26)24-14-9-11-19(24)17-25)27-20-12-8-10-18(15-20)16-23;1-9(2)13-8-22-17(19-13)12-7-14(20)11-5-6-15(21-4)10(3)16(11)18-12;1-9-8(4-5-8)7(11)10-12-6-2-3-6;1-2/h2-3,12,15,17,19,21H,4-11,13-14H2,1H3;5-9H,1-4H3,(H,18,20);6,9H,2-5H2,1H3,(H,10,11);1-2H3/b3-2-;;;. The molecule has 2 amide bonds. The summed E-state index contributed by atoms with van der Waals surface area (Å²) < 4.78 is 14.3. The van der Waals surface area contributed by atoms with Crippen molar-refractivity contribution in [3.8, 4) is 22.5 Å². The number of aryl methyl sites for hydroxylation is 1. The van der Waals surface area contributed by atoms with E-state index >= 15 is 0 Å². The fourth-order valence-corrected chi connectivity index (χ4v) is 8.95. The van der Waals surface area contributed by atoms with Gasteiger partial charge < -0.3 is 29.5 Å². The number of nitrogens with one attached hydrogen (secondary N) is 3. The van der Waals surface area contributed by atoms with Crippen LogP contribution in [0.4, 0.5) is 0 Å². The summed E-state index contributed by atoms with van der Waals surface area (Å²) in [4.78, 5) is 57.8. The third kappa shape index (κ3) is 14.7. The summed E-state index contributed by atoms with van der Waals surface area (Å²) in [5.74, 6) is 1.81. The van der Waals surface area contributed by atoms with Gasteiger partial charge in [-0.05, 0) is 140 Å². The number of thiazole rings is 1. The van der Waals surface area contributed by atoms with E-state index in [0.717, 1.165) is 97.3 Å². The fourth-order valence-electron chi connectivity index (χ4n) is 7.15. The predicted octanol–water partition coefficient (Wildman–Crippen LogP) is 10.00. The zero-order chi connectivity index (χ0) is 45.9. The van der Waals surface area contributed by atoms with Crippen molar-refractivity contribution in [2.45, 2.75) is 154 Å². The van der Waals surface area contributed by atoms with Crippen molar-refractivity contribution in [3.05, 3.63) is 80.7 Å². The number of likely N-dealkylation sites (tertiary alicyclic amines) is 1. The Morgan fingerprint density at radius 2 is 1.94 bits per heavy atom. The molecule has 63 heavy (non-hydrogen) atoms. The number of benzene rings is 1. The van der Waals surface area contributed by atoms with Crippen molar-refractivity contribution >= 4 is 52.3 Å². The number of aromatic amines is 1. The van der Waals surface area contributed by atoms with Crippen LogP contribution in [-0.2, 0) is 19.1 Å². The molecule has 12 nitrogen and oxygen atoms in total. The molecule has 0 radical (unpaired) electrons. The number of aldehydes is 1. The van der Waals surface area contributed by atoms with E-state index in [1.807, 2.05) is 52.3 Å². The summed E-state index contributed by atoms with van der Waals surface area (Å²) >= 11 is 3.14. The van der Waals surface area contributed by atoms with Crippen LogP contribution < -0.4 is 20.2 Å². The molecule has 3 N–H and O–H groups in total. The molecule has 7 rings (SSSR count). The Morgan fingerprint density at radius 3 is 2.56 bits per heavy atom. The number of methoxy groups -OCH3 is 1. The largest absolute Gasteiger partial charge is 0.496 e. The first-order valence-corrected chi connectivity index (χ1v) is 24.4. The first-order chi connectivity index (χ1) is 30.5. The van der Waals surface area contributed by atoms with E-state index in [4.69, 9.17) is 14.7 Å². The fraction of sp³-hybridized carbons (Fsp3) is 0.551. The van der Waals surface area contributed by atoms with Crippen LogP contribution in [0.2, 0.25) is 0 Å². The van der Waals surface area contributed by atoms with E-state index in [2.05, 4.69) is 52.1 Å². The van der Waals surface area contributed by atoms with Crippen molar-refractivity contribution in [2.24, 2.45) is 0 Å². The van der Waals surface area contributed by atoms with Gasteiger partial charge in [-0.3, -0.25) is 19.1 Å². The molecule has 0 spiro atoms. The number of unbranched alkanes of at least 4 members (excludes halogenated alkanes) is 3. The monoisotopic (exact) mass is 900 g/mol. The lowest BCUT2D eigenvalue weighted by atomic mass is 10.0. The number of pyridine rings is 1. The maximum atomic E-state index is 13.0. The summed E-state index contributed by atoms with van der Waals surface area (Å²) in [6.45, 7) is 12.8. The van der Waals surface area contributed by atoms with Crippen molar-refractivity contribution < 1.29 is 23.9 Å². The first-order valence-electron chi connectivity index (χ1n) is 22.6. The van der Waals surface area contributed by atoms with Gasteiger partial charge in [0.05, 0.1) is 41.7 Å².